The van der Waals surface area contributed by atoms with Gasteiger partial charge in [-0.2, -0.15) is 0 Å². The second-order valence-electron chi connectivity index (χ2n) is 7.96. The van der Waals surface area contributed by atoms with Crippen molar-refractivity contribution in [1.29, 1.82) is 0 Å². The molecule has 1 aromatic rings. The zero-order chi connectivity index (χ0) is 19.7. The number of benzene rings is 1. The first-order valence-corrected chi connectivity index (χ1v) is 9.81. The fourth-order valence-electron chi connectivity index (χ4n) is 3.53. The molecule has 4 nitrogen and oxygen atoms in total. The van der Waals surface area contributed by atoms with Crippen LogP contribution < -0.4 is 10.2 Å². The number of aromatic carboxylic acids is 2. The molecular formula is C22H32O4-2. The highest BCUT2D eigenvalue weighted by molar-refractivity contribution is 6.01. The average molecular weight is 360 g/mol. The minimum atomic E-state index is -1.46. The predicted molar refractivity (Wildman–Crippen MR) is 100.0 cm³/mol. The van der Waals surface area contributed by atoms with E-state index in [0.29, 0.717) is 12.0 Å². The van der Waals surface area contributed by atoms with E-state index in [1.54, 1.807) is 6.07 Å². The number of carbonyl (C=O) groups excluding carboxylic acids is 2. The van der Waals surface area contributed by atoms with Gasteiger partial charge in [-0.1, -0.05) is 71.9 Å². The summed E-state index contributed by atoms with van der Waals surface area (Å²) in [5, 5.41) is 23.1. The van der Waals surface area contributed by atoms with Crippen molar-refractivity contribution in [2.45, 2.75) is 85.5 Å². The van der Waals surface area contributed by atoms with Gasteiger partial charge in [0.2, 0.25) is 0 Å². The Morgan fingerprint density at radius 3 is 2.12 bits per heavy atom. The number of carboxylic acid groups (broad SMARTS) is 2. The number of carboxylic acids is 2. The molecule has 1 rings (SSSR count). The van der Waals surface area contributed by atoms with Crippen molar-refractivity contribution in [2.24, 2.45) is 5.41 Å². The monoisotopic (exact) mass is 360 g/mol. The minimum Gasteiger partial charge on any atom is -0.545 e. The molecule has 4 heteroatoms. The molecule has 0 aliphatic heterocycles. The smallest absolute Gasteiger partial charge is 0.0724 e. The largest absolute Gasteiger partial charge is 0.545 e. The number of rotatable bonds is 12. The van der Waals surface area contributed by atoms with Crippen LogP contribution in [-0.4, -0.2) is 11.9 Å². The van der Waals surface area contributed by atoms with Crippen molar-refractivity contribution in [2.75, 3.05) is 0 Å². The molecule has 0 fully saturated rings. The maximum absolute atomic E-state index is 11.7. The van der Waals surface area contributed by atoms with Crippen molar-refractivity contribution in [3.05, 3.63) is 34.4 Å². The van der Waals surface area contributed by atoms with Crippen molar-refractivity contribution in [3.63, 3.8) is 0 Å². The van der Waals surface area contributed by atoms with Gasteiger partial charge < -0.3 is 19.8 Å². The van der Waals surface area contributed by atoms with Crippen molar-refractivity contribution in [1.82, 2.24) is 0 Å². The molecular weight excluding hydrogens is 328 g/mol. The predicted octanol–water partition coefficient (Wildman–Crippen LogP) is 3.30. The molecule has 146 valence electrons. The lowest BCUT2D eigenvalue weighted by Gasteiger charge is -2.28. The van der Waals surface area contributed by atoms with Crippen molar-refractivity contribution < 1.29 is 19.8 Å². The molecule has 0 amide bonds. The van der Waals surface area contributed by atoms with E-state index in [0.717, 1.165) is 56.9 Å². The topological polar surface area (TPSA) is 80.3 Å². The van der Waals surface area contributed by atoms with Crippen LogP contribution in [0.3, 0.4) is 0 Å². The average Bonchev–Trinajstić information content (AvgIpc) is 2.56. The quantitative estimate of drug-likeness (QED) is 0.536. The summed E-state index contributed by atoms with van der Waals surface area (Å²) in [5.41, 5.74) is 1.11. The fraction of sp³-hybridized carbons (Fsp3) is 0.636. The third kappa shape index (κ3) is 6.47. The highest BCUT2D eigenvalue weighted by Crippen LogP contribution is 2.32. The Morgan fingerprint density at radius 2 is 1.58 bits per heavy atom. The van der Waals surface area contributed by atoms with Gasteiger partial charge in [-0.15, -0.1) is 0 Å². The van der Waals surface area contributed by atoms with E-state index in [9.17, 15) is 19.8 Å². The van der Waals surface area contributed by atoms with Gasteiger partial charge in [-0.05, 0) is 42.2 Å². The second kappa shape index (κ2) is 10.3. The molecule has 0 radical (unpaired) electrons. The zero-order valence-electron chi connectivity index (χ0n) is 16.7. The normalized spacial score (nSPS) is 11.5. The lowest BCUT2D eigenvalue weighted by molar-refractivity contribution is -0.259. The number of hydrogen-bond donors (Lipinski definition) is 0. The third-order valence-electron chi connectivity index (χ3n) is 4.99. The van der Waals surface area contributed by atoms with Gasteiger partial charge in [0.05, 0.1) is 11.9 Å². The van der Waals surface area contributed by atoms with Gasteiger partial charge >= 0.3 is 0 Å². The lowest BCUT2D eigenvalue weighted by Crippen LogP contribution is -2.32. The molecule has 0 saturated heterocycles. The standard InChI is InChI=1S/C22H34O4/c1-5-7-9-10-11-17-16(15-22(3,4)14-8-6-2)12-13-18(20(23)24)19(17)21(25)26/h12-13H,5-11,14-15H2,1-4H3,(H,23,24)(H,25,26)/p-2. The van der Waals surface area contributed by atoms with Crippen LogP contribution in [0.15, 0.2) is 12.1 Å². The lowest BCUT2D eigenvalue weighted by atomic mass is 9.78. The van der Waals surface area contributed by atoms with Crippen LogP contribution in [0, 0.1) is 5.41 Å². The van der Waals surface area contributed by atoms with Gasteiger partial charge in [-0.25, -0.2) is 0 Å². The highest BCUT2D eigenvalue weighted by atomic mass is 16.4. The van der Waals surface area contributed by atoms with Crippen LogP contribution in [0.4, 0.5) is 0 Å². The SMILES string of the molecule is CCCCCCc1c(CC(C)(C)CCCC)ccc(C(=O)[O-])c1C(=O)[O-]. The Hall–Kier alpha value is -1.84. The first-order chi connectivity index (χ1) is 12.2. The van der Waals surface area contributed by atoms with Gasteiger partial charge in [0.1, 0.15) is 0 Å². The number of carbonyl (C=O) groups is 2. The van der Waals surface area contributed by atoms with E-state index in [1.807, 2.05) is 0 Å². The fourth-order valence-corrected chi connectivity index (χ4v) is 3.53. The Morgan fingerprint density at radius 1 is 0.923 bits per heavy atom. The second-order valence-corrected chi connectivity index (χ2v) is 7.96. The van der Waals surface area contributed by atoms with Crippen LogP contribution in [0.5, 0.6) is 0 Å². The first-order valence-electron chi connectivity index (χ1n) is 9.81. The summed E-state index contributed by atoms with van der Waals surface area (Å²) in [5.74, 6) is -2.89. The molecule has 0 saturated carbocycles. The van der Waals surface area contributed by atoms with Crippen LogP contribution >= 0.6 is 0 Å². The number of hydrogen-bond acceptors (Lipinski definition) is 4. The van der Waals surface area contributed by atoms with E-state index >= 15 is 0 Å². The zero-order valence-corrected chi connectivity index (χ0v) is 16.7. The molecule has 1 aromatic carbocycles. The summed E-state index contributed by atoms with van der Waals surface area (Å²) < 4.78 is 0. The Labute approximate surface area is 157 Å². The van der Waals surface area contributed by atoms with Gasteiger partial charge in [-0.3, -0.25) is 0 Å². The molecule has 0 aliphatic rings. The molecule has 0 heterocycles. The van der Waals surface area contributed by atoms with Crippen LogP contribution in [0.25, 0.3) is 0 Å². The molecule has 0 atom stereocenters. The van der Waals surface area contributed by atoms with Gasteiger partial charge in [0.25, 0.3) is 0 Å². The van der Waals surface area contributed by atoms with Crippen molar-refractivity contribution >= 4 is 11.9 Å². The first kappa shape index (κ1) is 22.2. The summed E-state index contributed by atoms with van der Waals surface area (Å²) in [4.78, 5) is 23.1. The molecule has 0 N–H and O–H groups in total. The number of unbranched alkanes of at least 4 members (excludes halogenated alkanes) is 4. The summed E-state index contributed by atoms with van der Waals surface area (Å²) >= 11 is 0. The summed E-state index contributed by atoms with van der Waals surface area (Å²) in [6.07, 6.45) is 8.56. The molecule has 0 unspecified atom stereocenters. The minimum absolute atomic E-state index is 0.0281. The summed E-state index contributed by atoms with van der Waals surface area (Å²) in [6.45, 7) is 8.62. The van der Waals surface area contributed by atoms with Gasteiger partial charge in [0.15, 0.2) is 0 Å². The summed E-state index contributed by atoms with van der Waals surface area (Å²) in [7, 11) is 0. The van der Waals surface area contributed by atoms with Crippen molar-refractivity contribution in [3.8, 4) is 0 Å². The molecule has 0 aromatic heterocycles. The maximum Gasteiger partial charge on any atom is 0.0724 e. The molecule has 26 heavy (non-hydrogen) atoms. The molecule has 0 spiro atoms. The van der Waals surface area contributed by atoms with Crippen LogP contribution in [-0.2, 0) is 12.8 Å². The van der Waals surface area contributed by atoms with Gasteiger partial charge in [0, 0.05) is 11.1 Å². The highest BCUT2D eigenvalue weighted by Gasteiger charge is 2.22. The van der Waals surface area contributed by atoms with E-state index in [2.05, 4.69) is 27.7 Å². The maximum atomic E-state index is 11.7. The van der Waals surface area contributed by atoms with Crippen LogP contribution in [0.2, 0.25) is 0 Å². The van der Waals surface area contributed by atoms with E-state index in [1.165, 1.54) is 6.07 Å². The summed E-state index contributed by atoms with van der Waals surface area (Å²) in [6, 6.07) is 3.13. The Bertz CT molecular complexity index is 617. The van der Waals surface area contributed by atoms with E-state index in [-0.39, 0.29) is 16.5 Å². The van der Waals surface area contributed by atoms with E-state index < -0.39 is 11.9 Å². The molecule has 0 aliphatic carbocycles. The Balaban J connectivity index is 3.27. The van der Waals surface area contributed by atoms with E-state index in [4.69, 9.17) is 0 Å². The van der Waals surface area contributed by atoms with Crippen LogP contribution in [0.1, 0.15) is 104 Å². The Kier molecular flexibility index (Phi) is 8.83. The third-order valence-corrected chi connectivity index (χ3v) is 4.99. The molecule has 0 bridgehead atoms.